The second-order valence-electron chi connectivity index (χ2n) is 11.0. The molecule has 0 aliphatic carbocycles. The van der Waals surface area contributed by atoms with Gasteiger partial charge in [0, 0.05) is 51.5 Å². The summed E-state index contributed by atoms with van der Waals surface area (Å²) in [6, 6.07) is 15.5. The molecule has 12 heteroatoms. The van der Waals surface area contributed by atoms with E-state index in [1.54, 1.807) is 46.1 Å². The van der Waals surface area contributed by atoms with Crippen molar-refractivity contribution in [2.24, 2.45) is 5.92 Å². The zero-order valence-electron chi connectivity index (χ0n) is 24.7. The lowest BCUT2D eigenvalue weighted by Gasteiger charge is -2.32. The van der Waals surface area contributed by atoms with E-state index < -0.39 is 12.8 Å². The van der Waals surface area contributed by atoms with Crippen molar-refractivity contribution in [2.45, 2.75) is 38.4 Å². The summed E-state index contributed by atoms with van der Waals surface area (Å²) >= 11 is 0. The van der Waals surface area contributed by atoms with Crippen LogP contribution in [0.1, 0.15) is 46.4 Å². The lowest BCUT2D eigenvalue weighted by molar-refractivity contribution is -0.153. The topological polar surface area (TPSA) is 82.9 Å². The molecule has 1 aliphatic rings. The molecule has 1 saturated heterocycles. The van der Waals surface area contributed by atoms with Crippen molar-refractivity contribution in [1.82, 2.24) is 14.7 Å². The van der Waals surface area contributed by atoms with Gasteiger partial charge in [-0.3, -0.25) is 14.3 Å². The SMILES string of the molecule is COCCCC(=O)c1ccc2nn(CC3CCN(C(=O)c4ccc(Oc5ccc(F)cc5)cc4)CC3)cc2c1OCC(F)(F)F. The van der Waals surface area contributed by atoms with Gasteiger partial charge in [-0.25, -0.2) is 4.39 Å². The Morgan fingerprint density at radius 1 is 0.956 bits per heavy atom. The third-order valence-electron chi connectivity index (χ3n) is 7.62. The Kier molecular flexibility index (Phi) is 10.0. The fourth-order valence-corrected chi connectivity index (χ4v) is 5.32. The molecule has 5 rings (SSSR count). The monoisotopic (exact) mass is 627 g/mol. The summed E-state index contributed by atoms with van der Waals surface area (Å²) in [5, 5.41) is 4.89. The molecule has 0 atom stereocenters. The highest BCUT2D eigenvalue weighted by Gasteiger charge is 2.30. The van der Waals surface area contributed by atoms with Crippen LogP contribution < -0.4 is 9.47 Å². The van der Waals surface area contributed by atoms with Crippen molar-refractivity contribution in [3.63, 3.8) is 0 Å². The average Bonchev–Trinajstić information content (AvgIpc) is 3.43. The number of ketones is 1. The van der Waals surface area contributed by atoms with Gasteiger partial charge in [-0.05, 0) is 85.8 Å². The first-order chi connectivity index (χ1) is 21.6. The van der Waals surface area contributed by atoms with E-state index in [1.807, 2.05) is 0 Å². The highest BCUT2D eigenvalue weighted by molar-refractivity contribution is 6.04. The van der Waals surface area contributed by atoms with E-state index in [-0.39, 0.29) is 41.2 Å². The summed E-state index contributed by atoms with van der Waals surface area (Å²) in [6.45, 7) is 0.416. The number of aromatic nitrogens is 2. The van der Waals surface area contributed by atoms with E-state index >= 15 is 0 Å². The van der Waals surface area contributed by atoms with Crippen LogP contribution in [-0.2, 0) is 11.3 Å². The Hall–Kier alpha value is -4.45. The molecule has 0 N–H and O–H groups in total. The van der Waals surface area contributed by atoms with Gasteiger partial charge in [0.05, 0.1) is 16.5 Å². The molecule has 0 radical (unpaired) electrons. The summed E-state index contributed by atoms with van der Waals surface area (Å²) < 4.78 is 69.8. The van der Waals surface area contributed by atoms with Crippen LogP contribution >= 0.6 is 0 Å². The molecule has 1 aromatic heterocycles. The smallest absolute Gasteiger partial charge is 0.422 e. The first kappa shape index (κ1) is 32.0. The van der Waals surface area contributed by atoms with Crippen LogP contribution in [0.4, 0.5) is 17.6 Å². The molecule has 0 bridgehead atoms. The number of fused-ring (bicyclic) bond motifs is 1. The minimum absolute atomic E-state index is 0.0873. The molecule has 45 heavy (non-hydrogen) atoms. The Morgan fingerprint density at radius 3 is 2.27 bits per heavy atom. The van der Waals surface area contributed by atoms with Gasteiger partial charge >= 0.3 is 6.18 Å². The number of carbonyl (C=O) groups excluding carboxylic acids is 2. The molecule has 4 aromatic rings. The lowest BCUT2D eigenvalue weighted by Crippen LogP contribution is -2.39. The molecule has 1 amide bonds. The van der Waals surface area contributed by atoms with E-state index in [4.69, 9.17) is 14.2 Å². The maximum atomic E-state index is 13.1. The number of carbonyl (C=O) groups is 2. The summed E-state index contributed by atoms with van der Waals surface area (Å²) in [7, 11) is 1.51. The number of piperidine rings is 1. The van der Waals surface area contributed by atoms with E-state index in [9.17, 15) is 27.2 Å². The number of Topliss-reactive ketones (excluding diaryl/α,β-unsaturated/α-hetero) is 1. The average molecular weight is 628 g/mol. The maximum absolute atomic E-state index is 13.1. The molecule has 0 unspecified atom stereocenters. The van der Waals surface area contributed by atoms with E-state index in [0.29, 0.717) is 73.5 Å². The fourth-order valence-electron chi connectivity index (χ4n) is 5.32. The first-order valence-electron chi connectivity index (χ1n) is 14.6. The number of likely N-dealkylation sites (tertiary alicyclic amines) is 1. The molecule has 0 saturated carbocycles. The van der Waals surface area contributed by atoms with Gasteiger partial charge in [-0.15, -0.1) is 0 Å². The van der Waals surface area contributed by atoms with E-state index in [2.05, 4.69) is 5.10 Å². The number of hydrogen-bond donors (Lipinski definition) is 0. The Balaban J connectivity index is 1.21. The third-order valence-corrected chi connectivity index (χ3v) is 7.62. The van der Waals surface area contributed by atoms with Crippen LogP contribution in [0.25, 0.3) is 10.9 Å². The highest BCUT2D eigenvalue weighted by atomic mass is 19.4. The molecule has 0 spiro atoms. The first-order valence-corrected chi connectivity index (χ1v) is 14.6. The van der Waals surface area contributed by atoms with Crippen molar-refractivity contribution in [1.29, 1.82) is 0 Å². The Morgan fingerprint density at radius 2 is 1.62 bits per heavy atom. The lowest BCUT2D eigenvalue weighted by atomic mass is 9.96. The minimum atomic E-state index is -4.57. The van der Waals surface area contributed by atoms with Crippen molar-refractivity contribution in [3.05, 3.63) is 83.8 Å². The quantitative estimate of drug-likeness (QED) is 0.0950. The molecular weight excluding hydrogens is 594 g/mol. The van der Waals surface area contributed by atoms with Crippen LogP contribution in [0.15, 0.2) is 66.9 Å². The molecule has 1 aliphatic heterocycles. The van der Waals surface area contributed by atoms with Gasteiger partial charge in [0.2, 0.25) is 0 Å². The number of rotatable bonds is 12. The largest absolute Gasteiger partial charge is 0.483 e. The predicted octanol–water partition coefficient (Wildman–Crippen LogP) is 7.07. The van der Waals surface area contributed by atoms with Gasteiger partial charge in [0.1, 0.15) is 23.1 Å². The molecule has 2 heterocycles. The zero-order chi connectivity index (χ0) is 32.0. The maximum Gasteiger partial charge on any atom is 0.422 e. The van der Waals surface area contributed by atoms with Crippen LogP contribution in [0.5, 0.6) is 17.2 Å². The molecule has 1 fully saturated rings. The summed E-state index contributed by atoms with van der Waals surface area (Å²) in [6.07, 6.45) is -0.965. The third kappa shape index (κ3) is 8.39. The van der Waals surface area contributed by atoms with Crippen LogP contribution in [0.3, 0.4) is 0 Å². The molecule has 8 nitrogen and oxygen atoms in total. The van der Waals surface area contributed by atoms with Crippen molar-refractivity contribution in [3.8, 4) is 17.2 Å². The molecule has 238 valence electrons. The number of hydrogen-bond acceptors (Lipinski definition) is 6. The molecular formula is C33H33F4N3O5. The van der Waals surface area contributed by atoms with Crippen molar-refractivity contribution >= 4 is 22.6 Å². The predicted molar refractivity (Wildman–Crippen MR) is 158 cm³/mol. The highest BCUT2D eigenvalue weighted by Crippen LogP contribution is 2.33. The Labute approximate surface area is 257 Å². The van der Waals surface area contributed by atoms with E-state index in [1.165, 1.54) is 37.4 Å². The van der Waals surface area contributed by atoms with Crippen molar-refractivity contribution in [2.75, 3.05) is 33.4 Å². The van der Waals surface area contributed by atoms with Gasteiger partial charge in [-0.1, -0.05) is 0 Å². The number of ether oxygens (including phenoxy) is 3. The normalized spacial score (nSPS) is 14.1. The number of benzene rings is 3. The minimum Gasteiger partial charge on any atom is -0.483 e. The Bertz CT molecular complexity index is 1610. The number of halogens is 4. The summed E-state index contributed by atoms with van der Waals surface area (Å²) in [4.78, 5) is 27.7. The van der Waals surface area contributed by atoms with Gasteiger partial charge < -0.3 is 19.1 Å². The van der Waals surface area contributed by atoms with Crippen LogP contribution in [-0.4, -0.2) is 66.0 Å². The zero-order valence-corrected chi connectivity index (χ0v) is 24.7. The van der Waals surface area contributed by atoms with Crippen LogP contribution in [0.2, 0.25) is 0 Å². The van der Waals surface area contributed by atoms with Crippen molar-refractivity contribution < 1.29 is 41.4 Å². The second-order valence-corrected chi connectivity index (χ2v) is 11.0. The fraction of sp³-hybridized carbons (Fsp3) is 0.364. The summed E-state index contributed by atoms with van der Waals surface area (Å²) in [5.74, 6) is 0.298. The number of nitrogens with zero attached hydrogens (tertiary/aromatic N) is 3. The van der Waals surface area contributed by atoms with Gasteiger partial charge in [-0.2, -0.15) is 18.3 Å². The number of alkyl halides is 3. The number of amides is 1. The van der Waals surface area contributed by atoms with E-state index in [0.717, 1.165) is 0 Å². The number of methoxy groups -OCH3 is 1. The van der Waals surface area contributed by atoms with Gasteiger partial charge in [0.15, 0.2) is 12.4 Å². The summed E-state index contributed by atoms with van der Waals surface area (Å²) in [5.41, 5.74) is 1.04. The van der Waals surface area contributed by atoms with Gasteiger partial charge in [0.25, 0.3) is 5.91 Å². The molecule has 3 aromatic carbocycles. The second kappa shape index (κ2) is 14.1. The van der Waals surface area contributed by atoms with Crippen LogP contribution in [0, 0.1) is 11.7 Å². The standard InChI is InChI=1S/C33H33F4N3O5/c1-43-18-2-3-30(41)27-12-13-29-28(31(27)44-21-33(35,36)37)20-40(38-29)19-22-14-16-39(17-15-22)32(42)23-4-8-25(9-5-23)45-26-10-6-24(34)7-11-26/h4-13,20,22H,2-3,14-19,21H2,1H3.